The molecule has 1 aromatic heterocycles. The van der Waals surface area contributed by atoms with Gasteiger partial charge in [-0.15, -0.1) is 11.7 Å². The first-order valence-electron chi connectivity index (χ1n) is 11.2. The molecule has 0 aliphatic carbocycles. The van der Waals surface area contributed by atoms with Crippen molar-refractivity contribution < 1.29 is 33.7 Å². The predicted octanol–water partition coefficient (Wildman–Crippen LogP) is 3.25. The molecular weight excluding hydrogens is 533 g/mol. The van der Waals surface area contributed by atoms with Gasteiger partial charge in [-0.3, -0.25) is 4.79 Å². The Kier molecular flexibility index (Phi) is 15.8. The lowest BCUT2D eigenvalue weighted by Crippen LogP contribution is -2.51. The van der Waals surface area contributed by atoms with Crippen LogP contribution in [0.2, 0.25) is 0 Å². The Bertz CT molecular complexity index is 767. The molecule has 35 heavy (non-hydrogen) atoms. The molecule has 1 rings (SSSR count). The largest absolute Gasteiger partial charge is 0.511 e. The number of carbonyl (C=O) groups is 3. The predicted molar refractivity (Wildman–Crippen MR) is 145 cm³/mol. The Balaban J connectivity index is 2.94. The quantitative estimate of drug-likeness (QED) is 0.102. The van der Waals surface area contributed by atoms with E-state index in [2.05, 4.69) is 21.7 Å². The fourth-order valence-electron chi connectivity index (χ4n) is 3.19. The average molecular weight is 569 g/mol. The maximum atomic E-state index is 13.3. The fraction of sp³-hybridized carbons (Fsp3) is 0.682. The lowest BCUT2D eigenvalue weighted by Gasteiger charge is -2.28. The number of hydrogen-bond acceptors (Lipinski definition) is 12. The first-order valence-corrected chi connectivity index (χ1v) is 15.5. The number of nitrogens with two attached hydrogens (primary N) is 1. The van der Waals surface area contributed by atoms with Gasteiger partial charge in [-0.1, -0.05) is 10.8 Å². The molecule has 1 aromatic rings. The maximum absolute atomic E-state index is 13.3. The van der Waals surface area contributed by atoms with Gasteiger partial charge in [0.15, 0.2) is 6.04 Å². The Morgan fingerprint density at radius 1 is 1.29 bits per heavy atom. The van der Waals surface area contributed by atoms with Crippen molar-refractivity contribution in [2.75, 3.05) is 18.6 Å². The van der Waals surface area contributed by atoms with Crippen molar-refractivity contribution in [2.24, 2.45) is 11.7 Å². The highest BCUT2D eigenvalue weighted by Crippen LogP contribution is 2.29. The third-order valence-electron chi connectivity index (χ3n) is 5.06. The summed E-state index contributed by atoms with van der Waals surface area (Å²) in [6, 6.07) is 0.435. The van der Waals surface area contributed by atoms with Gasteiger partial charge >= 0.3 is 12.1 Å². The maximum Gasteiger partial charge on any atom is 0.511 e. The summed E-state index contributed by atoms with van der Waals surface area (Å²) in [6.45, 7) is 4.40. The van der Waals surface area contributed by atoms with E-state index in [1.165, 1.54) is 36.0 Å². The van der Waals surface area contributed by atoms with Gasteiger partial charge in [0.1, 0.15) is 0 Å². The summed E-state index contributed by atoms with van der Waals surface area (Å²) in [6.07, 6.45) is 0.176. The number of nitrogens with one attached hydrogen (secondary N) is 1. The van der Waals surface area contributed by atoms with Gasteiger partial charge in [-0.2, -0.15) is 23.1 Å². The Morgan fingerprint density at radius 3 is 2.54 bits per heavy atom. The molecule has 0 fully saturated rings. The van der Waals surface area contributed by atoms with Crippen LogP contribution in [-0.2, 0) is 30.2 Å². The van der Waals surface area contributed by atoms with E-state index in [1.807, 2.05) is 23.1 Å². The fourth-order valence-corrected chi connectivity index (χ4v) is 5.72. The second-order valence-electron chi connectivity index (χ2n) is 7.89. The second-order valence-corrected chi connectivity index (χ2v) is 11.1. The topological polar surface area (TPSA) is 137 Å². The normalized spacial score (nSPS) is 16.3. The van der Waals surface area contributed by atoms with Crippen molar-refractivity contribution in [3.05, 3.63) is 22.4 Å². The number of thiophene rings is 1. The van der Waals surface area contributed by atoms with Crippen LogP contribution < -0.4 is 11.1 Å². The van der Waals surface area contributed by atoms with Crippen molar-refractivity contribution in [3.8, 4) is 0 Å². The molecule has 4 N–H and O–H groups in total. The van der Waals surface area contributed by atoms with E-state index in [1.54, 1.807) is 18.7 Å². The molecule has 0 radical (unpaired) electrons. The highest BCUT2D eigenvalue weighted by atomic mass is 33.1. The summed E-state index contributed by atoms with van der Waals surface area (Å²) in [5.41, 5.74) is 7.36. The van der Waals surface area contributed by atoms with Gasteiger partial charge in [0, 0.05) is 24.1 Å². The van der Waals surface area contributed by atoms with E-state index < -0.39 is 42.4 Å². The third kappa shape index (κ3) is 12.1. The summed E-state index contributed by atoms with van der Waals surface area (Å²) in [7, 11) is 1.32. The SMILES string of the molecule is CCOC(=O)OC(C)OC(=O)C(NC(=O)C(Cc1ccsc1)CC(SS)C(N)CCSC)C(C)O. The Hall–Kier alpha value is -1.12. The van der Waals surface area contributed by atoms with Gasteiger partial charge in [-0.05, 0) is 67.5 Å². The number of thioether (sulfide) groups is 1. The van der Waals surface area contributed by atoms with Gasteiger partial charge in [0.25, 0.3) is 0 Å². The molecule has 1 amide bonds. The zero-order chi connectivity index (χ0) is 26.4. The first-order chi connectivity index (χ1) is 16.6. The molecule has 6 unspecified atom stereocenters. The van der Waals surface area contributed by atoms with Gasteiger partial charge in [0.2, 0.25) is 12.2 Å². The summed E-state index contributed by atoms with van der Waals surface area (Å²) < 4.78 is 14.6. The zero-order valence-electron chi connectivity index (χ0n) is 20.4. The van der Waals surface area contributed by atoms with Crippen LogP contribution in [0.15, 0.2) is 16.8 Å². The van der Waals surface area contributed by atoms with Crippen LogP contribution in [0.5, 0.6) is 0 Å². The number of thiol groups is 1. The number of rotatable bonds is 16. The molecule has 200 valence electrons. The van der Waals surface area contributed by atoms with E-state index in [9.17, 15) is 19.5 Å². The number of aliphatic hydroxyl groups excluding tert-OH is 1. The van der Waals surface area contributed by atoms with Crippen molar-refractivity contribution in [1.29, 1.82) is 0 Å². The minimum atomic E-state index is -1.35. The summed E-state index contributed by atoms with van der Waals surface area (Å²) >= 11 is 7.61. The van der Waals surface area contributed by atoms with Gasteiger partial charge < -0.3 is 30.4 Å². The molecule has 13 heteroatoms. The van der Waals surface area contributed by atoms with Crippen molar-refractivity contribution in [1.82, 2.24) is 5.32 Å². The van der Waals surface area contributed by atoms with Gasteiger partial charge in [0.05, 0.1) is 12.7 Å². The standard InChI is InChI=1S/C22H36N2O7S4/c1-5-29-22(28)31-14(3)30-21(27)19(13(2)25)24-20(26)16(10-15-6-9-34-12-15)11-18(35-32)17(23)7-8-33-4/h6,9,12-14,16-19,25,32H,5,7-8,10-11,23H2,1-4H3,(H,24,26). The van der Waals surface area contributed by atoms with Crippen molar-refractivity contribution in [3.63, 3.8) is 0 Å². The number of carbonyl (C=O) groups excluding carboxylic acids is 3. The number of ether oxygens (including phenoxy) is 3. The molecule has 9 nitrogen and oxygen atoms in total. The van der Waals surface area contributed by atoms with Crippen LogP contribution in [0.3, 0.4) is 0 Å². The summed E-state index contributed by atoms with van der Waals surface area (Å²) in [5, 5.41) is 16.6. The minimum absolute atomic E-state index is 0.0881. The zero-order valence-corrected chi connectivity index (χ0v) is 23.7. The molecular formula is C22H36N2O7S4. The number of hydrogen-bond donors (Lipinski definition) is 4. The molecule has 0 aliphatic rings. The second kappa shape index (κ2) is 17.4. The van der Waals surface area contributed by atoms with Crippen LogP contribution in [0.25, 0.3) is 0 Å². The average Bonchev–Trinajstić information content (AvgIpc) is 3.31. The van der Waals surface area contributed by atoms with Crippen LogP contribution in [0, 0.1) is 5.92 Å². The lowest BCUT2D eigenvalue weighted by atomic mass is 9.92. The highest BCUT2D eigenvalue weighted by Gasteiger charge is 2.33. The van der Waals surface area contributed by atoms with Crippen LogP contribution in [-0.4, -0.2) is 71.5 Å². The number of esters is 1. The third-order valence-corrected chi connectivity index (χ3v) is 8.06. The molecule has 0 aliphatic heterocycles. The van der Waals surface area contributed by atoms with E-state index >= 15 is 0 Å². The molecule has 6 atom stereocenters. The lowest BCUT2D eigenvalue weighted by molar-refractivity contribution is -0.174. The summed E-state index contributed by atoms with van der Waals surface area (Å²) in [5.74, 6) is -0.967. The first kappa shape index (κ1) is 31.9. The molecule has 0 saturated heterocycles. The summed E-state index contributed by atoms with van der Waals surface area (Å²) in [4.78, 5) is 37.4. The number of aliphatic hydroxyl groups is 1. The molecule has 1 heterocycles. The van der Waals surface area contributed by atoms with Crippen LogP contribution >= 0.6 is 45.6 Å². The van der Waals surface area contributed by atoms with Crippen LogP contribution in [0.4, 0.5) is 4.79 Å². The van der Waals surface area contributed by atoms with Crippen molar-refractivity contribution in [2.45, 2.75) is 69.8 Å². The monoisotopic (exact) mass is 568 g/mol. The van der Waals surface area contributed by atoms with Crippen LogP contribution in [0.1, 0.15) is 39.2 Å². The Morgan fingerprint density at radius 2 is 2.00 bits per heavy atom. The molecule has 0 aromatic carbocycles. The molecule has 0 bridgehead atoms. The minimum Gasteiger partial charge on any atom is -0.435 e. The molecule has 0 spiro atoms. The number of amides is 1. The van der Waals surface area contributed by atoms with Crippen molar-refractivity contribution >= 4 is 63.6 Å². The molecule has 0 saturated carbocycles. The van der Waals surface area contributed by atoms with E-state index in [0.29, 0.717) is 12.8 Å². The Labute approximate surface area is 224 Å². The smallest absolute Gasteiger partial charge is 0.435 e. The van der Waals surface area contributed by atoms with E-state index in [0.717, 1.165) is 17.7 Å². The highest BCUT2D eigenvalue weighted by molar-refractivity contribution is 8.68. The van der Waals surface area contributed by atoms with E-state index in [4.69, 9.17) is 15.2 Å². The van der Waals surface area contributed by atoms with E-state index in [-0.39, 0.29) is 17.9 Å². The van der Waals surface area contributed by atoms with Gasteiger partial charge in [-0.25, -0.2) is 9.59 Å².